The summed E-state index contributed by atoms with van der Waals surface area (Å²) in [6.45, 7) is 0.942. The fourth-order valence-electron chi connectivity index (χ4n) is 4.62. The van der Waals surface area contributed by atoms with E-state index < -0.39 is 27.4 Å². The highest BCUT2D eigenvalue weighted by molar-refractivity contribution is 7.91. The molecule has 12 heteroatoms. The third kappa shape index (κ3) is 5.34. The Morgan fingerprint density at radius 2 is 1.92 bits per heavy atom. The van der Waals surface area contributed by atoms with Gasteiger partial charge in [0.25, 0.3) is 0 Å². The first-order valence-electron chi connectivity index (χ1n) is 11.9. The highest BCUT2D eigenvalue weighted by Gasteiger charge is 2.31. The Labute approximate surface area is 222 Å². The van der Waals surface area contributed by atoms with E-state index in [0.29, 0.717) is 44.0 Å². The Balaban J connectivity index is 1.48. The Kier molecular flexibility index (Phi) is 7.06. The Hall–Kier alpha value is -3.57. The van der Waals surface area contributed by atoms with E-state index in [9.17, 15) is 22.0 Å². The van der Waals surface area contributed by atoms with Gasteiger partial charge in [0.05, 0.1) is 28.6 Å². The van der Waals surface area contributed by atoms with Crippen molar-refractivity contribution < 1.29 is 27.1 Å². The third-order valence-electron chi connectivity index (χ3n) is 6.49. The fourth-order valence-corrected chi connectivity index (χ4v) is 6.43. The quantitative estimate of drug-likeness (QED) is 0.442. The van der Waals surface area contributed by atoms with Crippen molar-refractivity contribution in [2.24, 2.45) is 0 Å². The molecule has 0 aliphatic carbocycles. The van der Waals surface area contributed by atoms with Crippen molar-refractivity contribution >= 4 is 50.4 Å². The number of aryl methyl sites for hydroxylation is 1. The lowest BCUT2D eigenvalue weighted by Gasteiger charge is -2.29. The van der Waals surface area contributed by atoms with Crippen molar-refractivity contribution in [1.82, 2.24) is 9.97 Å². The Morgan fingerprint density at radius 3 is 2.61 bits per heavy atom. The van der Waals surface area contributed by atoms with Crippen molar-refractivity contribution in [1.29, 1.82) is 0 Å². The lowest BCUT2D eigenvalue weighted by molar-refractivity contribution is -0.136. The molecular weight excluding hydrogens is 538 g/mol. The number of sulfone groups is 1. The molecule has 0 saturated carbocycles. The van der Waals surface area contributed by atoms with Gasteiger partial charge in [0.1, 0.15) is 16.5 Å². The van der Waals surface area contributed by atoms with Gasteiger partial charge in [-0.15, -0.1) is 0 Å². The van der Waals surface area contributed by atoms with Gasteiger partial charge in [-0.05, 0) is 60.2 Å². The first-order chi connectivity index (χ1) is 18.1. The second-order valence-corrected chi connectivity index (χ2v) is 11.6. The number of fused-ring (bicyclic) bond motifs is 1. The van der Waals surface area contributed by atoms with Crippen LogP contribution in [0.2, 0.25) is 5.02 Å². The monoisotopic (exact) mass is 560 g/mol. The van der Waals surface area contributed by atoms with Crippen LogP contribution in [-0.4, -0.2) is 48.3 Å². The zero-order chi connectivity index (χ0) is 27.0. The molecule has 0 spiro atoms. The van der Waals surface area contributed by atoms with E-state index in [1.54, 1.807) is 12.1 Å². The van der Waals surface area contributed by atoms with Crippen LogP contribution >= 0.6 is 11.6 Å². The fraction of sp³-hybridized carbons (Fsp3) is 0.269. The summed E-state index contributed by atoms with van der Waals surface area (Å²) in [4.78, 5) is 21.9. The molecular formula is C26H23ClF2N4O4S. The van der Waals surface area contributed by atoms with Crippen molar-refractivity contribution in [3.8, 4) is 0 Å². The average Bonchev–Trinajstić information content (AvgIpc) is 2.86. The van der Waals surface area contributed by atoms with E-state index in [1.165, 1.54) is 18.2 Å². The van der Waals surface area contributed by atoms with E-state index >= 15 is 0 Å². The molecule has 0 radical (unpaired) electrons. The maximum absolute atomic E-state index is 14.8. The van der Waals surface area contributed by atoms with Crippen LogP contribution in [-0.2, 0) is 27.5 Å². The van der Waals surface area contributed by atoms with Gasteiger partial charge in [-0.1, -0.05) is 29.8 Å². The molecule has 2 aromatic carbocycles. The number of nitrogens with one attached hydrogen (secondary N) is 1. The number of carboxylic acid groups (broad SMARTS) is 1. The molecule has 1 aromatic heterocycles. The van der Waals surface area contributed by atoms with Crippen LogP contribution in [0, 0.1) is 11.6 Å². The van der Waals surface area contributed by atoms with Gasteiger partial charge >= 0.3 is 5.97 Å². The van der Waals surface area contributed by atoms with Gasteiger partial charge < -0.3 is 15.3 Å². The normalized spacial score (nSPS) is 16.5. The lowest BCUT2D eigenvalue weighted by atomic mass is 9.99. The van der Waals surface area contributed by atoms with Crippen molar-refractivity contribution in [3.63, 3.8) is 0 Å². The number of aromatic nitrogens is 2. The molecule has 0 atom stereocenters. The highest BCUT2D eigenvalue weighted by Crippen LogP contribution is 2.35. The zero-order valence-electron chi connectivity index (χ0n) is 20.0. The van der Waals surface area contributed by atoms with Crippen molar-refractivity contribution in [2.45, 2.75) is 30.6 Å². The summed E-state index contributed by atoms with van der Waals surface area (Å²) in [5, 5.41) is 11.8. The van der Waals surface area contributed by atoms with E-state index in [-0.39, 0.29) is 39.2 Å². The second kappa shape index (κ2) is 10.3. The molecule has 5 rings (SSSR count). The van der Waals surface area contributed by atoms with E-state index in [0.717, 1.165) is 17.2 Å². The van der Waals surface area contributed by atoms with Gasteiger partial charge in [-0.2, -0.15) is 4.98 Å². The smallest absolute Gasteiger partial charge is 0.307 e. The molecule has 2 aliphatic rings. The van der Waals surface area contributed by atoms with Crippen LogP contribution < -0.4 is 10.2 Å². The Bertz CT molecular complexity index is 1580. The van der Waals surface area contributed by atoms with Crippen LogP contribution in [0.3, 0.4) is 0 Å². The third-order valence-corrected chi connectivity index (χ3v) is 8.65. The van der Waals surface area contributed by atoms with Crippen molar-refractivity contribution in [3.05, 3.63) is 76.0 Å². The average molecular weight is 561 g/mol. The second-order valence-electron chi connectivity index (χ2n) is 9.13. The number of aliphatic carboxylic acids is 1. The first kappa shape index (κ1) is 26.1. The van der Waals surface area contributed by atoms with Gasteiger partial charge in [-0.25, -0.2) is 22.2 Å². The molecule has 2 N–H and O–H groups in total. The molecule has 0 amide bonds. The van der Waals surface area contributed by atoms with E-state index in [4.69, 9.17) is 16.7 Å². The van der Waals surface area contributed by atoms with Crippen LogP contribution in [0.25, 0.3) is 5.57 Å². The van der Waals surface area contributed by atoms with E-state index in [2.05, 4.69) is 15.3 Å². The molecule has 0 fully saturated rings. The van der Waals surface area contributed by atoms with E-state index in [1.807, 2.05) is 11.0 Å². The van der Waals surface area contributed by atoms with Crippen molar-refractivity contribution in [2.75, 3.05) is 29.1 Å². The standard InChI is InChI=1S/C26H23ClF2N4O4S/c27-18-14-17(4-5-19(18)28)16-7-9-33(10-8-16)26-31-22-2-1-11-38(36,37)24(22)25(32-26)30-21-6-3-15(12-20(21)29)13-23(34)35/h3-7,12,14H,1-2,8-11,13H2,(H,34,35)(H,30,31,32). The number of benzene rings is 2. The van der Waals surface area contributed by atoms with Crippen LogP contribution in [0.5, 0.6) is 0 Å². The number of anilines is 3. The predicted molar refractivity (Wildman–Crippen MR) is 140 cm³/mol. The number of carboxylic acids is 1. The summed E-state index contributed by atoms with van der Waals surface area (Å²) in [6.07, 6.45) is 3.07. The largest absolute Gasteiger partial charge is 0.481 e. The van der Waals surface area contributed by atoms with Crippen LogP contribution in [0.1, 0.15) is 29.7 Å². The number of carbonyl (C=O) groups is 1. The first-order valence-corrected chi connectivity index (χ1v) is 13.9. The summed E-state index contributed by atoms with van der Waals surface area (Å²) in [5.74, 6) is -2.08. The molecule has 198 valence electrons. The number of nitrogens with zero attached hydrogens (tertiary/aromatic N) is 3. The molecule has 0 saturated heterocycles. The van der Waals surface area contributed by atoms with Gasteiger partial charge in [0.15, 0.2) is 15.7 Å². The molecule has 2 aliphatic heterocycles. The summed E-state index contributed by atoms with van der Waals surface area (Å²) in [5.41, 5.74) is 2.42. The summed E-state index contributed by atoms with van der Waals surface area (Å²) >= 11 is 5.93. The number of rotatable bonds is 6. The number of hydrogen-bond acceptors (Lipinski definition) is 7. The predicted octanol–water partition coefficient (Wildman–Crippen LogP) is 4.79. The molecule has 38 heavy (non-hydrogen) atoms. The zero-order valence-corrected chi connectivity index (χ0v) is 21.6. The topological polar surface area (TPSA) is 112 Å². The van der Waals surface area contributed by atoms with Crippen LogP contribution in [0.4, 0.5) is 26.2 Å². The SMILES string of the molecule is O=C(O)Cc1ccc(Nc2nc(N3CC=C(c4ccc(F)c(Cl)c4)CC3)nc3c2S(=O)(=O)CCC3)c(F)c1. The Morgan fingerprint density at radius 1 is 1.11 bits per heavy atom. The van der Waals surface area contributed by atoms with Crippen LogP contribution in [0.15, 0.2) is 47.4 Å². The summed E-state index contributed by atoms with van der Waals surface area (Å²) in [7, 11) is -3.69. The minimum absolute atomic E-state index is 0.0188. The van der Waals surface area contributed by atoms with Gasteiger partial charge in [0.2, 0.25) is 5.95 Å². The molecule has 0 bridgehead atoms. The lowest BCUT2D eigenvalue weighted by Crippen LogP contribution is -2.31. The number of hydrogen-bond donors (Lipinski definition) is 2. The molecule has 3 aromatic rings. The maximum Gasteiger partial charge on any atom is 0.307 e. The number of halogens is 3. The minimum atomic E-state index is -3.69. The van der Waals surface area contributed by atoms with Gasteiger partial charge in [-0.3, -0.25) is 4.79 Å². The minimum Gasteiger partial charge on any atom is -0.481 e. The highest BCUT2D eigenvalue weighted by atomic mass is 35.5. The maximum atomic E-state index is 14.8. The molecule has 3 heterocycles. The summed E-state index contributed by atoms with van der Waals surface area (Å²) in [6, 6.07) is 8.49. The molecule has 0 unspecified atom stereocenters. The molecule has 8 nitrogen and oxygen atoms in total. The van der Waals surface area contributed by atoms with Gasteiger partial charge in [0, 0.05) is 13.1 Å². The summed E-state index contributed by atoms with van der Waals surface area (Å²) < 4.78 is 54.3.